The molecule has 2 rings (SSSR count). The summed E-state index contributed by atoms with van der Waals surface area (Å²) in [6.07, 6.45) is 4.01. The molecule has 0 bridgehead atoms. The molecule has 0 unspecified atom stereocenters. The summed E-state index contributed by atoms with van der Waals surface area (Å²) < 4.78 is 1.02. The fourth-order valence-electron chi connectivity index (χ4n) is 2.22. The Morgan fingerprint density at radius 1 is 1.50 bits per heavy atom. The number of hydrazine groups is 1. The van der Waals surface area contributed by atoms with Crippen LogP contribution in [0.25, 0.3) is 0 Å². The number of aliphatic hydroxyl groups excluding tert-OH is 1. The van der Waals surface area contributed by atoms with Gasteiger partial charge in [-0.15, -0.1) is 23.1 Å². The number of thiocarbonyl (C=S) groups is 1. The molecule has 5 nitrogen and oxygen atoms in total. The average Bonchev–Trinajstić information content (AvgIpc) is 2.84. The second-order valence-corrected chi connectivity index (χ2v) is 6.89. The fraction of sp³-hybridized carbons (Fsp3) is 0.500. The number of thioether (sulfide) groups is 1. The summed E-state index contributed by atoms with van der Waals surface area (Å²) in [6.45, 7) is 0. The third-order valence-electron chi connectivity index (χ3n) is 3.16. The van der Waals surface area contributed by atoms with Crippen molar-refractivity contribution in [2.45, 2.75) is 29.6 Å². The smallest absolute Gasteiger partial charge is 0.280 e. The maximum absolute atomic E-state index is 12.2. The van der Waals surface area contributed by atoms with Gasteiger partial charge in [-0.25, -0.2) is 0 Å². The number of carbonyl (C=O) groups excluding carboxylic acids is 1. The first-order chi connectivity index (χ1) is 9.58. The molecule has 0 spiro atoms. The van der Waals surface area contributed by atoms with E-state index in [2.05, 4.69) is 16.2 Å². The van der Waals surface area contributed by atoms with Crippen LogP contribution in [0.15, 0.2) is 4.21 Å². The number of carbonyl (C=O) groups is 1. The molecule has 0 saturated heterocycles. The molecule has 1 aromatic heterocycles. The summed E-state index contributed by atoms with van der Waals surface area (Å²) in [5.41, 5.74) is 7.13. The van der Waals surface area contributed by atoms with Crippen molar-refractivity contribution in [2.24, 2.45) is 0 Å². The Morgan fingerprint density at radius 3 is 2.90 bits per heavy atom. The van der Waals surface area contributed by atoms with E-state index in [-0.39, 0.29) is 5.91 Å². The number of thiophene rings is 1. The van der Waals surface area contributed by atoms with E-state index in [4.69, 9.17) is 12.2 Å². The zero-order valence-corrected chi connectivity index (χ0v) is 13.7. The minimum atomic E-state index is -0.453. The second-order valence-electron chi connectivity index (χ2n) is 4.38. The SMILES string of the molecule is CNC(=S)NNC(=O)c1sc(SC)c2c1CCC[C@H]2O. The molecule has 0 aromatic carbocycles. The standard InChI is InChI=1S/C12H17N3O2S3/c1-13-12(18)15-14-10(17)9-6-4-3-5-7(16)8(6)11(19-2)20-9/h7,16H,3-5H2,1-2H3,(H,14,17)(H2,13,15,18)/t7-/m1/s1. The maximum Gasteiger partial charge on any atom is 0.280 e. The van der Waals surface area contributed by atoms with Crippen LogP contribution in [0.4, 0.5) is 0 Å². The van der Waals surface area contributed by atoms with Gasteiger partial charge < -0.3 is 10.4 Å². The Kier molecular flexibility index (Phi) is 5.25. The molecule has 1 aliphatic rings. The third kappa shape index (κ3) is 3.08. The summed E-state index contributed by atoms with van der Waals surface area (Å²) in [5, 5.41) is 13.2. The van der Waals surface area contributed by atoms with Crippen LogP contribution in [0, 0.1) is 0 Å². The molecule has 1 aromatic rings. The predicted octanol–water partition coefficient (Wildman–Crippen LogP) is 1.58. The summed E-state index contributed by atoms with van der Waals surface area (Å²) in [6, 6.07) is 0. The van der Waals surface area contributed by atoms with Crippen molar-refractivity contribution in [3.63, 3.8) is 0 Å². The van der Waals surface area contributed by atoms with Gasteiger partial charge in [-0.1, -0.05) is 0 Å². The minimum Gasteiger partial charge on any atom is -0.388 e. The zero-order chi connectivity index (χ0) is 14.7. The highest BCUT2D eigenvalue weighted by Crippen LogP contribution is 2.43. The first-order valence-corrected chi connectivity index (χ1v) is 8.69. The van der Waals surface area contributed by atoms with Gasteiger partial charge in [0.25, 0.3) is 5.91 Å². The number of rotatable bonds is 2. The number of fused-ring (bicyclic) bond motifs is 1. The molecule has 1 amide bonds. The molecule has 0 fully saturated rings. The van der Waals surface area contributed by atoms with Crippen molar-refractivity contribution >= 4 is 46.3 Å². The van der Waals surface area contributed by atoms with E-state index >= 15 is 0 Å². The number of hydrogen-bond acceptors (Lipinski definition) is 5. The third-order valence-corrected chi connectivity index (χ3v) is 5.85. The minimum absolute atomic E-state index is 0.210. The molecule has 1 heterocycles. The monoisotopic (exact) mass is 331 g/mol. The zero-order valence-electron chi connectivity index (χ0n) is 11.3. The molecule has 4 N–H and O–H groups in total. The maximum atomic E-state index is 12.2. The number of nitrogens with one attached hydrogen (secondary N) is 3. The summed E-state index contributed by atoms with van der Waals surface area (Å²) >= 11 is 7.92. The first kappa shape index (κ1) is 15.6. The molecule has 1 aliphatic carbocycles. The molecular formula is C12H17N3O2S3. The molecule has 20 heavy (non-hydrogen) atoms. The Bertz CT molecular complexity index is 530. The summed E-state index contributed by atoms with van der Waals surface area (Å²) in [7, 11) is 1.68. The van der Waals surface area contributed by atoms with E-state index in [1.54, 1.807) is 18.8 Å². The fourth-order valence-corrected chi connectivity index (χ4v) is 4.37. The van der Waals surface area contributed by atoms with Gasteiger partial charge in [0.15, 0.2) is 5.11 Å². The summed E-state index contributed by atoms with van der Waals surface area (Å²) in [4.78, 5) is 12.9. The highest BCUT2D eigenvalue weighted by molar-refractivity contribution is 8.00. The van der Waals surface area contributed by atoms with Crippen molar-refractivity contribution in [1.29, 1.82) is 0 Å². The van der Waals surface area contributed by atoms with Crippen LogP contribution in [0.1, 0.15) is 39.7 Å². The average molecular weight is 331 g/mol. The highest BCUT2D eigenvalue weighted by atomic mass is 32.2. The van der Waals surface area contributed by atoms with E-state index in [0.29, 0.717) is 9.99 Å². The highest BCUT2D eigenvalue weighted by Gasteiger charge is 2.29. The first-order valence-electron chi connectivity index (χ1n) is 6.24. The van der Waals surface area contributed by atoms with Gasteiger partial charge in [0, 0.05) is 12.6 Å². The van der Waals surface area contributed by atoms with Gasteiger partial charge in [-0.3, -0.25) is 15.6 Å². The Balaban J connectivity index is 2.24. The normalized spacial score (nSPS) is 17.2. The van der Waals surface area contributed by atoms with Crippen molar-refractivity contribution in [3.8, 4) is 0 Å². The lowest BCUT2D eigenvalue weighted by atomic mass is 9.91. The largest absolute Gasteiger partial charge is 0.388 e. The van der Waals surface area contributed by atoms with Gasteiger partial charge in [0.1, 0.15) is 0 Å². The van der Waals surface area contributed by atoms with E-state index < -0.39 is 6.10 Å². The van der Waals surface area contributed by atoms with Crippen LogP contribution in [-0.2, 0) is 6.42 Å². The van der Waals surface area contributed by atoms with Crippen molar-refractivity contribution < 1.29 is 9.90 Å². The van der Waals surface area contributed by atoms with Gasteiger partial charge >= 0.3 is 0 Å². The lowest BCUT2D eigenvalue weighted by Gasteiger charge is -2.19. The Labute approximate surface area is 131 Å². The van der Waals surface area contributed by atoms with Crippen LogP contribution in [0.3, 0.4) is 0 Å². The van der Waals surface area contributed by atoms with Crippen LogP contribution in [-0.4, -0.2) is 29.4 Å². The van der Waals surface area contributed by atoms with E-state index in [0.717, 1.165) is 34.6 Å². The van der Waals surface area contributed by atoms with Crippen LogP contribution >= 0.6 is 35.3 Å². The summed E-state index contributed by atoms with van der Waals surface area (Å²) in [5.74, 6) is -0.210. The van der Waals surface area contributed by atoms with Gasteiger partial charge in [0.05, 0.1) is 15.2 Å². The van der Waals surface area contributed by atoms with Crippen LogP contribution < -0.4 is 16.2 Å². The quantitative estimate of drug-likeness (QED) is 0.375. The molecular weight excluding hydrogens is 314 g/mol. The lowest BCUT2D eigenvalue weighted by molar-refractivity contribution is 0.0946. The van der Waals surface area contributed by atoms with Gasteiger partial charge in [0.2, 0.25) is 0 Å². The van der Waals surface area contributed by atoms with Crippen molar-refractivity contribution in [1.82, 2.24) is 16.2 Å². The molecule has 0 radical (unpaired) electrons. The van der Waals surface area contributed by atoms with Gasteiger partial charge in [-0.2, -0.15) is 0 Å². The van der Waals surface area contributed by atoms with Crippen LogP contribution in [0.5, 0.6) is 0 Å². The van der Waals surface area contributed by atoms with E-state index in [1.165, 1.54) is 11.3 Å². The topological polar surface area (TPSA) is 73.4 Å². The van der Waals surface area contributed by atoms with Gasteiger partial charge in [-0.05, 0) is 43.3 Å². The Hall–Kier alpha value is -0.830. The molecule has 110 valence electrons. The van der Waals surface area contributed by atoms with E-state index in [1.807, 2.05) is 6.26 Å². The van der Waals surface area contributed by atoms with Crippen LogP contribution in [0.2, 0.25) is 0 Å². The molecule has 0 saturated carbocycles. The van der Waals surface area contributed by atoms with E-state index in [9.17, 15) is 9.90 Å². The lowest BCUT2D eigenvalue weighted by Crippen LogP contribution is -2.45. The predicted molar refractivity (Wildman–Crippen MR) is 86.3 cm³/mol. The van der Waals surface area contributed by atoms with Crippen molar-refractivity contribution in [2.75, 3.05) is 13.3 Å². The number of amides is 1. The molecule has 8 heteroatoms. The molecule has 0 aliphatic heterocycles. The number of hydrogen-bond donors (Lipinski definition) is 4. The number of aliphatic hydroxyl groups is 1. The Morgan fingerprint density at radius 2 is 2.25 bits per heavy atom. The molecule has 1 atom stereocenters. The van der Waals surface area contributed by atoms with Crippen molar-refractivity contribution in [3.05, 3.63) is 16.0 Å². The second kappa shape index (κ2) is 6.75.